The monoisotopic (exact) mass is 310 g/mol. The van der Waals surface area contributed by atoms with E-state index in [1.165, 1.54) is 12.8 Å². The summed E-state index contributed by atoms with van der Waals surface area (Å²) in [5, 5.41) is 4.12. The fraction of sp³-hybridized carbons (Fsp3) is 0.625. The van der Waals surface area contributed by atoms with E-state index >= 15 is 0 Å². The Balaban J connectivity index is 1.70. The highest BCUT2D eigenvalue weighted by molar-refractivity contribution is 6.31. The molecule has 2 fully saturated rings. The highest BCUT2D eigenvalue weighted by Crippen LogP contribution is 2.36. The zero-order chi connectivity index (χ0) is 14.7. The maximum atomic E-state index is 6.43. The molecule has 1 saturated carbocycles. The molecule has 21 heavy (non-hydrogen) atoms. The molecular formula is C16H23ClN2O2. The molecule has 1 heterocycles. The van der Waals surface area contributed by atoms with Crippen molar-refractivity contribution in [1.82, 2.24) is 10.2 Å². The van der Waals surface area contributed by atoms with Crippen LogP contribution < -0.4 is 14.8 Å². The Morgan fingerprint density at radius 1 is 1.24 bits per heavy atom. The van der Waals surface area contributed by atoms with E-state index in [0.29, 0.717) is 5.92 Å². The van der Waals surface area contributed by atoms with E-state index in [2.05, 4.69) is 10.2 Å². The smallest absolute Gasteiger partial charge is 0.162 e. The van der Waals surface area contributed by atoms with Crippen LogP contribution in [0.2, 0.25) is 5.02 Å². The Kier molecular flexibility index (Phi) is 4.88. The first kappa shape index (κ1) is 14.9. The second-order valence-electron chi connectivity index (χ2n) is 5.88. The summed E-state index contributed by atoms with van der Waals surface area (Å²) < 4.78 is 11.3. The van der Waals surface area contributed by atoms with E-state index in [1.807, 2.05) is 12.1 Å². The number of piperazine rings is 1. The molecule has 1 aliphatic heterocycles. The number of ether oxygens (including phenoxy) is 2. The molecule has 1 saturated heterocycles. The molecule has 1 aliphatic carbocycles. The van der Waals surface area contributed by atoms with Crippen molar-refractivity contribution in [3.05, 3.63) is 22.7 Å². The number of halogens is 1. The van der Waals surface area contributed by atoms with Gasteiger partial charge in [0, 0.05) is 43.8 Å². The SMILES string of the molecule is COc1cc(CN2CCNCC2)c(Cl)cc1OCC1CC1. The Bertz CT molecular complexity index is 485. The lowest BCUT2D eigenvalue weighted by atomic mass is 10.1. The summed E-state index contributed by atoms with van der Waals surface area (Å²) in [5.74, 6) is 2.26. The van der Waals surface area contributed by atoms with Gasteiger partial charge in [-0.25, -0.2) is 0 Å². The summed E-state index contributed by atoms with van der Waals surface area (Å²) >= 11 is 6.43. The second kappa shape index (κ2) is 6.86. The van der Waals surface area contributed by atoms with Crippen LogP contribution in [0.3, 0.4) is 0 Å². The number of nitrogens with one attached hydrogen (secondary N) is 1. The fourth-order valence-corrected chi connectivity index (χ4v) is 2.79. The summed E-state index contributed by atoms with van der Waals surface area (Å²) in [6.45, 7) is 5.81. The van der Waals surface area contributed by atoms with E-state index in [0.717, 1.165) is 61.4 Å². The minimum Gasteiger partial charge on any atom is -0.493 e. The van der Waals surface area contributed by atoms with Gasteiger partial charge in [-0.05, 0) is 30.4 Å². The number of benzene rings is 1. The largest absolute Gasteiger partial charge is 0.493 e. The molecule has 0 unspecified atom stereocenters. The van der Waals surface area contributed by atoms with Gasteiger partial charge >= 0.3 is 0 Å². The van der Waals surface area contributed by atoms with Crippen LogP contribution in [0.15, 0.2) is 12.1 Å². The van der Waals surface area contributed by atoms with E-state index in [9.17, 15) is 0 Å². The summed E-state index contributed by atoms with van der Waals surface area (Å²) in [7, 11) is 1.68. The highest BCUT2D eigenvalue weighted by atomic mass is 35.5. The van der Waals surface area contributed by atoms with Crippen LogP contribution in [0.4, 0.5) is 0 Å². The van der Waals surface area contributed by atoms with Crippen molar-refractivity contribution in [3.63, 3.8) is 0 Å². The molecule has 1 N–H and O–H groups in total. The van der Waals surface area contributed by atoms with Crippen molar-refractivity contribution in [3.8, 4) is 11.5 Å². The molecule has 0 amide bonds. The lowest BCUT2D eigenvalue weighted by Gasteiger charge is -2.27. The third-order valence-electron chi connectivity index (χ3n) is 4.11. The first-order valence-electron chi connectivity index (χ1n) is 7.68. The molecule has 0 atom stereocenters. The van der Waals surface area contributed by atoms with Gasteiger partial charge < -0.3 is 14.8 Å². The van der Waals surface area contributed by atoms with Gasteiger partial charge in [0.1, 0.15) is 0 Å². The van der Waals surface area contributed by atoms with Crippen molar-refractivity contribution in [2.24, 2.45) is 5.92 Å². The minimum atomic E-state index is 0.717. The van der Waals surface area contributed by atoms with Crippen molar-refractivity contribution < 1.29 is 9.47 Å². The average molecular weight is 311 g/mol. The molecule has 1 aromatic carbocycles. The Morgan fingerprint density at radius 2 is 2.00 bits per heavy atom. The van der Waals surface area contributed by atoms with Gasteiger partial charge in [0.2, 0.25) is 0 Å². The Morgan fingerprint density at radius 3 is 2.67 bits per heavy atom. The predicted octanol–water partition coefficient (Wildman–Crippen LogP) is 2.54. The summed E-state index contributed by atoms with van der Waals surface area (Å²) in [6.07, 6.45) is 2.55. The number of hydrogen-bond acceptors (Lipinski definition) is 4. The molecule has 2 aliphatic rings. The topological polar surface area (TPSA) is 33.7 Å². The average Bonchev–Trinajstić information content (AvgIpc) is 3.32. The molecule has 1 aromatic rings. The lowest BCUT2D eigenvalue weighted by Crippen LogP contribution is -2.42. The number of nitrogens with zero attached hydrogens (tertiary/aromatic N) is 1. The molecule has 5 heteroatoms. The summed E-state index contributed by atoms with van der Waals surface area (Å²) in [4.78, 5) is 2.40. The number of hydrogen-bond donors (Lipinski definition) is 1. The summed E-state index contributed by atoms with van der Waals surface area (Å²) in [6, 6.07) is 3.92. The van der Waals surface area contributed by atoms with Crippen LogP contribution in [-0.2, 0) is 6.54 Å². The van der Waals surface area contributed by atoms with Crippen LogP contribution in [0.1, 0.15) is 18.4 Å². The van der Waals surface area contributed by atoms with Crippen LogP contribution in [0.25, 0.3) is 0 Å². The highest BCUT2D eigenvalue weighted by Gasteiger charge is 2.23. The van der Waals surface area contributed by atoms with Crippen molar-refractivity contribution >= 4 is 11.6 Å². The van der Waals surface area contributed by atoms with Gasteiger partial charge in [-0.3, -0.25) is 4.90 Å². The molecule has 0 spiro atoms. The summed E-state index contributed by atoms with van der Waals surface area (Å²) in [5.41, 5.74) is 1.11. The molecule has 3 rings (SSSR count). The van der Waals surface area contributed by atoms with Crippen LogP contribution in [0, 0.1) is 5.92 Å². The molecule has 4 nitrogen and oxygen atoms in total. The Labute approximate surface area is 131 Å². The maximum absolute atomic E-state index is 6.43. The third kappa shape index (κ3) is 4.02. The van der Waals surface area contributed by atoms with E-state index in [-0.39, 0.29) is 0 Å². The van der Waals surface area contributed by atoms with E-state index < -0.39 is 0 Å². The number of rotatable bonds is 6. The first-order valence-corrected chi connectivity index (χ1v) is 8.06. The van der Waals surface area contributed by atoms with Gasteiger partial charge in [0.05, 0.1) is 13.7 Å². The molecular weight excluding hydrogens is 288 g/mol. The van der Waals surface area contributed by atoms with Gasteiger partial charge in [-0.15, -0.1) is 0 Å². The van der Waals surface area contributed by atoms with Crippen molar-refractivity contribution in [1.29, 1.82) is 0 Å². The predicted molar refractivity (Wildman–Crippen MR) is 84.4 cm³/mol. The number of methoxy groups -OCH3 is 1. The third-order valence-corrected chi connectivity index (χ3v) is 4.46. The first-order chi connectivity index (χ1) is 10.3. The maximum Gasteiger partial charge on any atom is 0.162 e. The van der Waals surface area contributed by atoms with Crippen molar-refractivity contribution in [2.45, 2.75) is 19.4 Å². The molecule has 0 radical (unpaired) electrons. The Hall–Kier alpha value is -0.970. The normalized spacial score (nSPS) is 19.5. The quantitative estimate of drug-likeness (QED) is 0.875. The van der Waals surface area contributed by atoms with Gasteiger partial charge in [-0.2, -0.15) is 0 Å². The standard InChI is InChI=1S/C16H23ClN2O2/c1-20-15-8-13(10-19-6-4-18-5-7-19)14(17)9-16(15)21-11-12-2-3-12/h8-9,12,18H,2-7,10-11H2,1H3. The van der Waals surface area contributed by atoms with E-state index in [1.54, 1.807) is 7.11 Å². The second-order valence-corrected chi connectivity index (χ2v) is 6.28. The van der Waals surface area contributed by atoms with Gasteiger partial charge in [-0.1, -0.05) is 11.6 Å². The lowest BCUT2D eigenvalue weighted by molar-refractivity contribution is 0.232. The zero-order valence-electron chi connectivity index (χ0n) is 12.5. The van der Waals surface area contributed by atoms with Crippen molar-refractivity contribution in [2.75, 3.05) is 39.9 Å². The molecule has 116 valence electrons. The fourth-order valence-electron chi connectivity index (χ4n) is 2.57. The molecule has 0 bridgehead atoms. The van der Waals surface area contributed by atoms with Gasteiger partial charge in [0.15, 0.2) is 11.5 Å². The zero-order valence-corrected chi connectivity index (χ0v) is 13.3. The van der Waals surface area contributed by atoms with Gasteiger partial charge in [0.25, 0.3) is 0 Å². The van der Waals surface area contributed by atoms with E-state index in [4.69, 9.17) is 21.1 Å². The minimum absolute atomic E-state index is 0.717. The van der Waals surface area contributed by atoms with Crippen LogP contribution >= 0.6 is 11.6 Å². The van der Waals surface area contributed by atoms with Crippen LogP contribution in [-0.4, -0.2) is 44.8 Å². The van der Waals surface area contributed by atoms with Crippen LogP contribution in [0.5, 0.6) is 11.5 Å². The molecule has 0 aromatic heterocycles.